The number of rotatable bonds is 8. The lowest BCUT2D eigenvalue weighted by Crippen LogP contribution is -2.30. The molecule has 0 saturated carbocycles. The number of hydrogen-bond acceptors (Lipinski definition) is 7. The van der Waals surface area contributed by atoms with E-state index >= 15 is 0 Å². The number of aromatic nitrogens is 1. The molecule has 150 valence electrons. The first-order chi connectivity index (χ1) is 13.2. The van der Waals surface area contributed by atoms with Gasteiger partial charge in [-0.3, -0.25) is 14.4 Å². The van der Waals surface area contributed by atoms with Crippen LogP contribution in [-0.2, 0) is 19.1 Å². The maximum atomic E-state index is 12.1. The molecule has 2 N–H and O–H groups in total. The van der Waals surface area contributed by atoms with Gasteiger partial charge < -0.3 is 19.9 Å². The first-order valence-electron chi connectivity index (χ1n) is 8.01. The predicted octanol–water partition coefficient (Wildman–Crippen LogP) is 3.53. The molecule has 0 spiro atoms. The van der Waals surface area contributed by atoms with E-state index in [1.165, 1.54) is 19.1 Å². The van der Waals surface area contributed by atoms with Crippen LogP contribution in [0.4, 0.5) is 11.5 Å². The maximum Gasteiger partial charge on any atom is 0.316 e. The Morgan fingerprint density at radius 3 is 2.64 bits per heavy atom. The first kappa shape index (κ1) is 22.1. The first-order valence-corrected chi connectivity index (χ1v) is 9.92. The number of benzene rings is 1. The Labute approximate surface area is 175 Å². The van der Waals surface area contributed by atoms with Crippen LogP contribution in [0.15, 0.2) is 28.8 Å². The molecule has 2 rings (SSSR count). The van der Waals surface area contributed by atoms with Crippen LogP contribution in [0.3, 0.4) is 0 Å². The van der Waals surface area contributed by atoms with Gasteiger partial charge in [-0.25, -0.2) is 0 Å². The van der Waals surface area contributed by atoms with Gasteiger partial charge in [0.2, 0.25) is 5.91 Å². The summed E-state index contributed by atoms with van der Waals surface area (Å²) in [5, 5.41) is 9.41. The summed E-state index contributed by atoms with van der Waals surface area (Å²) in [6.45, 7) is 3.13. The highest BCUT2D eigenvalue weighted by Gasteiger charge is 2.19. The van der Waals surface area contributed by atoms with Crippen molar-refractivity contribution in [2.24, 2.45) is 0 Å². The van der Waals surface area contributed by atoms with Gasteiger partial charge in [0.25, 0.3) is 5.91 Å². The molecule has 0 radical (unpaired) electrons. The molecule has 1 atom stereocenters. The second-order valence-electron chi connectivity index (χ2n) is 5.61. The highest BCUT2D eigenvalue weighted by atomic mass is 35.5. The van der Waals surface area contributed by atoms with Crippen LogP contribution in [0.1, 0.15) is 12.7 Å². The molecule has 1 heterocycles. The molecule has 1 aromatic heterocycles. The van der Waals surface area contributed by atoms with Gasteiger partial charge in [-0.05, 0) is 32.0 Å². The van der Waals surface area contributed by atoms with E-state index in [0.29, 0.717) is 27.3 Å². The Balaban J connectivity index is 1.72. The quantitative estimate of drug-likeness (QED) is 0.597. The van der Waals surface area contributed by atoms with Crippen molar-refractivity contribution < 1.29 is 23.6 Å². The van der Waals surface area contributed by atoms with Crippen molar-refractivity contribution in [1.82, 2.24) is 5.16 Å². The van der Waals surface area contributed by atoms with Crippen LogP contribution in [0.2, 0.25) is 10.0 Å². The number of carbonyl (C=O) groups is 3. The number of aryl methyl sites for hydroxylation is 1. The summed E-state index contributed by atoms with van der Waals surface area (Å²) < 4.78 is 9.88. The summed E-state index contributed by atoms with van der Waals surface area (Å²) in [7, 11) is 0. The third-order valence-corrected chi connectivity index (χ3v) is 4.68. The monoisotopic (exact) mass is 445 g/mol. The van der Waals surface area contributed by atoms with E-state index in [1.807, 2.05) is 0 Å². The summed E-state index contributed by atoms with van der Waals surface area (Å²) in [6.07, 6.45) is -1.05. The van der Waals surface area contributed by atoms with Crippen molar-refractivity contribution in [2.45, 2.75) is 20.0 Å². The number of anilines is 2. The van der Waals surface area contributed by atoms with Gasteiger partial charge in [-0.1, -0.05) is 28.4 Å². The van der Waals surface area contributed by atoms with Gasteiger partial charge >= 0.3 is 5.97 Å². The van der Waals surface area contributed by atoms with Crippen molar-refractivity contribution in [2.75, 3.05) is 22.1 Å². The predicted molar refractivity (Wildman–Crippen MR) is 108 cm³/mol. The fourth-order valence-electron chi connectivity index (χ4n) is 1.94. The van der Waals surface area contributed by atoms with Gasteiger partial charge in [-0.2, -0.15) is 0 Å². The molecule has 0 fully saturated rings. The number of amides is 2. The van der Waals surface area contributed by atoms with Gasteiger partial charge in [0.15, 0.2) is 11.9 Å². The minimum absolute atomic E-state index is 0.0136. The van der Waals surface area contributed by atoms with Crippen LogP contribution < -0.4 is 10.6 Å². The Bertz CT molecular complexity index is 874. The summed E-state index contributed by atoms with van der Waals surface area (Å²) >= 11 is 12.9. The van der Waals surface area contributed by atoms with Crippen molar-refractivity contribution in [3.63, 3.8) is 0 Å². The minimum atomic E-state index is -1.05. The number of ether oxygens (including phenoxy) is 1. The van der Waals surface area contributed by atoms with E-state index in [4.69, 9.17) is 32.5 Å². The molecule has 28 heavy (non-hydrogen) atoms. The topological polar surface area (TPSA) is 111 Å². The Morgan fingerprint density at radius 2 is 1.96 bits per heavy atom. The van der Waals surface area contributed by atoms with Crippen molar-refractivity contribution in [3.05, 3.63) is 40.1 Å². The summed E-state index contributed by atoms with van der Waals surface area (Å²) in [5.41, 5.74) is 0.316. The largest absolute Gasteiger partial charge is 0.452 e. The fourth-order valence-corrected chi connectivity index (χ4v) is 2.87. The minimum Gasteiger partial charge on any atom is -0.452 e. The molecule has 0 aliphatic rings. The highest BCUT2D eigenvalue weighted by Crippen LogP contribution is 2.25. The molecule has 11 heteroatoms. The normalized spacial score (nSPS) is 11.6. The standard InChI is InChI=1S/C17H17Cl2N3O5S/c1-9-5-14(22-27-9)21-15(23)7-28-8-16(24)26-10(2)17(25)20-13-6-11(18)3-4-12(13)19/h3-6,10H,7-8H2,1-2H3,(H,20,25)(H,21,22,23). The van der Waals surface area contributed by atoms with Gasteiger partial charge in [-0.15, -0.1) is 11.8 Å². The lowest BCUT2D eigenvalue weighted by atomic mass is 10.3. The number of carbonyl (C=O) groups excluding carboxylic acids is 3. The summed E-state index contributed by atoms with van der Waals surface area (Å²) in [5.74, 6) is -0.738. The Morgan fingerprint density at radius 1 is 1.21 bits per heavy atom. The lowest BCUT2D eigenvalue weighted by molar-refractivity contribution is -0.150. The molecule has 8 nitrogen and oxygen atoms in total. The van der Waals surface area contributed by atoms with E-state index in [-0.39, 0.29) is 17.4 Å². The fraction of sp³-hybridized carbons (Fsp3) is 0.294. The third kappa shape index (κ3) is 7.06. The van der Waals surface area contributed by atoms with Crippen LogP contribution in [0.25, 0.3) is 0 Å². The molecule has 0 bridgehead atoms. The Kier molecular flexibility index (Phi) is 8.16. The van der Waals surface area contributed by atoms with E-state index in [1.54, 1.807) is 19.1 Å². The smallest absolute Gasteiger partial charge is 0.316 e. The zero-order valence-electron chi connectivity index (χ0n) is 15.0. The molecule has 0 aliphatic heterocycles. The lowest BCUT2D eigenvalue weighted by Gasteiger charge is -2.14. The molecule has 0 aliphatic carbocycles. The number of nitrogens with zero attached hydrogens (tertiary/aromatic N) is 1. The second-order valence-corrected chi connectivity index (χ2v) is 7.44. The van der Waals surface area contributed by atoms with Crippen LogP contribution in [0, 0.1) is 6.92 Å². The van der Waals surface area contributed by atoms with Gasteiger partial charge in [0.1, 0.15) is 5.76 Å². The third-order valence-electron chi connectivity index (χ3n) is 3.21. The molecular formula is C17H17Cl2N3O5S. The summed E-state index contributed by atoms with van der Waals surface area (Å²) in [6, 6.07) is 6.18. The van der Waals surface area contributed by atoms with E-state index in [0.717, 1.165) is 11.8 Å². The van der Waals surface area contributed by atoms with Crippen molar-refractivity contribution >= 4 is 64.3 Å². The molecule has 1 unspecified atom stereocenters. The van der Waals surface area contributed by atoms with E-state index < -0.39 is 18.0 Å². The number of hydrogen-bond donors (Lipinski definition) is 2. The number of esters is 1. The van der Waals surface area contributed by atoms with Gasteiger partial charge in [0, 0.05) is 11.1 Å². The highest BCUT2D eigenvalue weighted by molar-refractivity contribution is 8.00. The second kappa shape index (κ2) is 10.4. The van der Waals surface area contributed by atoms with Crippen molar-refractivity contribution in [3.8, 4) is 0 Å². The van der Waals surface area contributed by atoms with E-state index in [2.05, 4.69) is 15.8 Å². The average Bonchev–Trinajstić information content (AvgIpc) is 3.02. The molecule has 1 aromatic carbocycles. The zero-order chi connectivity index (χ0) is 20.7. The number of nitrogens with one attached hydrogen (secondary N) is 2. The SMILES string of the molecule is Cc1cc(NC(=O)CSCC(=O)OC(C)C(=O)Nc2cc(Cl)ccc2Cl)no1. The molecule has 2 amide bonds. The molecule has 0 saturated heterocycles. The number of halogens is 2. The van der Waals surface area contributed by atoms with Crippen LogP contribution in [-0.4, -0.2) is 40.6 Å². The van der Waals surface area contributed by atoms with Crippen LogP contribution >= 0.6 is 35.0 Å². The zero-order valence-corrected chi connectivity index (χ0v) is 17.3. The number of thioether (sulfide) groups is 1. The van der Waals surface area contributed by atoms with E-state index in [9.17, 15) is 14.4 Å². The van der Waals surface area contributed by atoms with Gasteiger partial charge in [0.05, 0.1) is 22.2 Å². The summed E-state index contributed by atoms with van der Waals surface area (Å²) in [4.78, 5) is 35.7. The molecule has 2 aromatic rings. The average molecular weight is 446 g/mol. The van der Waals surface area contributed by atoms with Crippen LogP contribution in [0.5, 0.6) is 0 Å². The molecular weight excluding hydrogens is 429 g/mol. The van der Waals surface area contributed by atoms with Crippen molar-refractivity contribution in [1.29, 1.82) is 0 Å². The Hall–Kier alpha value is -2.23. The maximum absolute atomic E-state index is 12.1.